The molecule has 2 aliphatic rings. The van der Waals surface area contributed by atoms with Crippen LogP contribution < -0.4 is 5.32 Å². The van der Waals surface area contributed by atoms with Crippen molar-refractivity contribution in [2.45, 2.75) is 24.9 Å². The van der Waals surface area contributed by atoms with Gasteiger partial charge >= 0.3 is 0 Å². The molecule has 12 heavy (non-hydrogen) atoms. The molecular weight excluding hydrogens is 168 g/mol. The van der Waals surface area contributed by atoms with Gasteiger partial charge in [-0.2, -0.15) is 11.8 Å². The minimum absolute atomic E-state index is 0.745. The van der Waals surface area contributed by atoms with Gasteiger partial charge < -0.3 is 10.2 Å². The van der Waals surface area contributed by atoms with E-state index in [9.17, 15) is 0 Å². The van der Waals surface area contributed by atoms with E-state index in [1.807, 2.05) is 0 Å². The minimum atomic E-state index is 0.745. The van der Waals surface area contributed by atoms with Gasteiger partial charge in [0.05, 0.1) is 0 Å². The summed E-state index contributed by atoms with van der Waals surface area (Å²) >= 11 is 2.09. The monoisotopic (exact) mass is 186 g/mol. The smallest absolute Gasteiger partial charge is 0.0285 e. The molecule has 1 atom stereocenters. The maximum absolute atomic E-state index is 3.57. The molecule has 1 aliphatic heterocycles. The second kappa shape index (κ2) is 3.99. The number of nitrogens with one attached hydrogen (secondary N) is 1. The Bertz CT molecular complexity index is 141. The number of rotatable bonds is 3. The van der Waals surface area contributed by atoms with Crippen LogP contribution in [0.15, 0.2) is 0 Å². The third-order valence-corrected chi connectivity index (χ3v) is 3.81. The van der Waals surface area contributed by atoms with E-state index in [0.29, 0.717) is 0 Å². The lowest BCUT2D eigenvalue weighted by atomic mass is 10.3. The summed E-state index contributed by atoms with van der Waals surface area (Å²) in [4.78, 5) is 2.52. The number of nitrogens with zero attached hydrogens (tertiary/aromatic N) is 1. The molecule has 2 rings (SSSR count). The summed E-state index contributed by atoms with van der Waals surface area (Å²) in [5, 5.41) is 3.57. The SMILES string of the molecule is CN(CC1CSCCN1)C1CC1. The molecule has 1 saturated carbocycles. The summed E-state index contributed by atoms with van der Waals surface area (Å²) < 4.78 is 0. The Kier molecular flexibility index (Phi) is 2.94. The molecular formula is C9H18N2S. The zero-order valence-electron chi connectivity index (χ0n) is 7.75. The Morgan fingerprint density at radius 1 is 1.50 bits per heavy atom. The molecule has 1 saturated heterocycles. The highest BCUT2D eigenvalue weighted by Gasteiger charge is 2.27. The summed E-state index contributed by atoms with van der Waals surface area (Å²) in [6.07, 6.45) is 2.85. The van der Waals surface area contributed by atoms with E-state index in [0.717, 1.165) is 12.1 Å². The molecule has 70 valence electrons. The van der Waals surface area contributed by atoms with Gasteiger partial charge in [0, 0.05) is 36.7 Å². The third-order valence-electron chi connectivity index (χ3n) is 2.68. The maximum atomic E-state index is 3.57. The Morgan fingerprint density at radius 3 is 2.92 bits per heavy atom. The summed E-state index contributed by atoms with van der Waals surface area (Å²) in [6, 6.07) is 1.66. The fraction of sp³-hybridized carbons (Fsp3) is 1.00. The predicted molar refractivity (Wildman–Crippen MR) is 54.8 cm³/mol. The molecule has 0 bridgehead atoms. The lowest BCUT2D eigenvalue weighted by molar-refractivity contribution is 0.290. The molecule has 1 unspecified atom stereocenters. The maximum Gasteiger partial charge on any atom is 0.0285 e. The first kappa shape index (κ1) is 8.85. The van der Waals surface area contributed by atoms with Crippen molar-refractivity contribution in [2.24, 2.45) is 0 Å². The molecule has 1 aliphatic carbocycles. The number of hydrogen-bond acceptors (Lipinski definition) is 3. The van der Waals surface area contributed by atoms with Crippen molar-refractivity contribution in [3.05, 3.63) is 0 Å². The van der Waals surface area contributed by atoms with Gasteiger partial charge in [-0.15, -0.1) is 0 Å². The summed E-state index contributed by atoms with van der Waals surface area (Å²) in [5.74, 6) is 2.60. The van der Waals surface area contributed by atoms with E-state index < -0.39 is 0 Å². The highest BCUT2D eigenvalue weighted by Crippen LogP contribution is 2.25. The van der Waals surface area contributed by atoms with E-state index in [1.54, 1.807) is 0 Å². The van der Waals surface area contributed by atoms with Crippen LogP contribution >= 0.6 is 11.8 Å². The van der Waals surface area contributed by atoms with E-state index in [1.165, 1.54) is 37.4 Å². The summed E-state index contributed by atoms with van der Waals surface area (Å²) in [6.45, 7) is 2.45. The van der Waals surface area contributed by atoms with Crippen LogP contribution in [0, 0.1) is 0 Å². The van der Waals surface area contributed by atoms with Crippen LogP contribution in [-0.4, -0.2) is 48.6 Å². The van der Waals surface area contributed by atoms with Crippen molar-refractivity contribution in [3.63, 3.8) is 0 Å². The summed E-state index contributed by atoms with van der Waals surface area (Å²) in [5.41, 5.74) is 0. The first-order valence-electron chi connectivity index (χ1n) is 4.87. The molecule has 0 aromatic carbocycles. The van der Waals surface area contributed by atoms with Gasteiger partial charge in [-0.25, -0.2) is 0 Å². The van der Waals surface area contributed by atoms with Gasteiger partial charge in [0.2, 0.25) is 0 Å². The Morgan fingerprint density at radius 2 is 2.33 bits per heavy atom. The van der Waals surface area contributed by atoms with Crippen molar-refractivity contribution in [1.29, 1.82) is 0 Å². The van der Waals surface area contributed by atoms with Gasteiger partial charge in [0.1, 0.15) is 0 Å². The zero-order valence-corrected chi connectivity index (χ0v) is 8.57. The van der Waals surface area contributed by atoms with Crippen LogP contribution in [0.25, 0.3) is 0 Å². The van der Waals surface area contributed by atoms with Crippen molar-refractivity contribution in [1.82, 2.24) is 10.2 Å². The minimum Gasteiger partial charge on any atom is -0.311 e. The van der Waals surface area contributed by atoms with E-state index in [4.69, 9.17) is 0 Å². The lowest BCUT2D eigenvalue weighted by Crippen LogP contribution is -2.45. The topological polar surface area (TPSA) is 15.3 Å². The lowest BCUT2D eigenvalue weighted by Gasteiger charge is -2.27. The molecule has 1 N–H and O–H groups in total. The highest BCUT2D eigenvalue weighted by molar-refractivity contribution is 7.99. The van der Waals surface area contributed by atoms with Crippen molar-refractivity contribution in [2.75, 3.05) is 31.6 Å². The highest BCUT2D eigenvalue weighted by atomic mass is 32.2. The average Bonchev–Trinajstić information content (AvgIpc) is 2.88. The number of thioether (sulfide) groups is 1. The number of hydrogen-bond donors (Lipinski definition) is 1. The average molecular weight is 186 g/mol. The normalized spacial score (nSPS) is 31.0. The van der Waals surface area contributed by atoms with Crippen molar-refractivity contribution in [3.8, 4) is 0 Å². The molecule has 0 aromatic rings. The van der Waals surface area contributed by atoms with Crippen molar-refractivity contribution < 1.29 is 0 Å². The first-order valence-corrected chi connectivity index (χ1v) is 6.03. The molecule has 2 fully saturated rings. The molecule has 1 heterocycles. The van der Waals surface area contributed by atoms with E-state index >= 15 is 0 Å². The van der Waals surface area contributed by atoms with Crippen LogP contribution in [0.5, 0.6) is 0 Å². The van der Waals surface area contributed by atoms with E-state index in [2.05, 4.69) is 29.0 Å². The van der Waals surface area contributed by atoms with Crippen molar-refractivity contribution >= 4 is 11.8 Å². The van der Waals surface area contributed by atoms with Crippen LogP contribution in [0.2, 0.25) is 0 Å². The molecule has 3 heteroatoms. The first-order chi connectivity index (χ1) is 5.86. The molecule has 0 spiro atoms. The second-order valence-corrected chi connectivity index (χ2v) is 5.05. The molecule has 0 amide bonds. The van der Waals surface area contributed by atoms with Crippen LogP contribution in [0.1, 0.15) is 12.8 Å². The Labute approximate surface area is 79.1 Å². The largest absolute Gasteiger partial charge is 0.311 e. The Hall–Kier alpha value is 0.270. The van der Waals surface area contributed by atoms with Gasteiger partial charge in [0.15, 0.2) is 0 Å². The molecule has 0 radical (unpaired) electrons. The van der Waals surface area contributed by atoms with E-state index in [-0.39, 0.29) is 0 Å². The van der Waals surface area contributed by atoms with Gasteiger partial charge in [-0.1, -0.05) is 0 Å². The van der Waals surface area contributed by atoms with Crippen LogP contribution in [0.3, 0.4) is 0 Å². The standard InChI is InChI=1S/C9H18N2S/c1-11(9-2-3-9)6-8-7-12-5-4-10-8/h8-10H,2-7H2,1H3. The predicted octanol–water partition coefficient (Wildman–Crippen LogP) is 0.786. The van der Waals surface area contributed by atoms with Crippen LogP contribution in [0.4, 0.5) is 0 Å². The second-order valence-electron chi connectivity index (χ2n) is 3.90. The molecule has 0 aromatic heterocycles. The quantitative estimate of drug-likeness (QED) is 0.701. The van der Waals surface area contributed by atoms with Gasteiger partial charge in [-0.05, 0) is 19.9 Å². The summed E-state index contributed by atoms with van der Waals surface area (Å²) in [7, 11) is 2.26. The Balaban J connectivity index is 1.69. The van der Waals surface area contributed by atoms with Gasteiger partial charge in [0.25, 0.3) is 0 Å². The number of likely N-dealkylation sites (N-methyl/N-ethyl adjacent to an activating group) is 1. The van der Waals surface area contributed by atoms with Crippen LogP contribution in [-0.2, 0) is 0 Å². The third kappa shape index (κ3) is 2.38. The fourth-order valence-electron chi connectivity index (χ4n) is 1.75. The fourth-order valence-corrected chi connectivity index (χ4v) is 2.69. The van der Waals surface area contributed by atoms with Gasteiger partial charge in [-0.3, -0.25) is 0 Å². The molecule has 2 nitrogen and oxygen atoms in total. The zero-order chi connectivity index (χ0) is 8.39.